The number of nitrogens with two attached hydrogens (primary N) is 1. The van der Waals surface area contributed by atoms with Gasteiger partial charge in [-0.3, -0.25) is 19.7 Å². The average Bonchev–Trinajstić information content (AvgIpc) is 2.38. The van der Waals surface area contributed by atoms with Gasteiger partial charge in [0.15, 0.2) is 0 Å². The number of amides is 2. The standard InChI is InChI=1S/C13H17N3O4/c1-8(2)13(3,12(14)18)15-11(17)9-4-6-10(7-5-9)16(19)20/h4-8H,1-3H3,(H2,14,18)(H,15,17)/t13-/m0/s1. The monoisotopic (exact) mass is 279 g/mol. The zero-order valence-corrected chi connectivity index (χ0v) is 11.5. The van der Waals surface area contributed by atoms with E-state index in [1.165, 1.54) is 24.3 Å². The van der Waals surface area contributed by atoms with Crippen molar-refractivity contribution in [2.45, 2.75) is 26.3 Å². The molecule has 0 aliphatic rings. The smallest absolute Gasteiger partial charge is 0.269 e. The molecule has 0 aromatic heterocycles. The van der Waals surface area contributed by atoms with Gasteiger partial charge in [0.05, 0.1) is 4.92 Å². The second-order valence-corrected chi connectivity index (χ2v) is 4.98. The molecule has 0 fully saturated rings. The first-order valence-corrected chi connectivity index (χ1v) is 6.05. The molecule has 20 heavy (non-hydrogen) atoms. The second-order valence-electron chi connectivity index (χ2n) is 4.98. The predicted octanol–water partition coefficient (Wildman–Crippen LogP) is 1.22. The van der Waals surface area contributed by atoms with Crippen molar-refractivity contribution in [1.82, 2.24) is 5.32 Å². The van der Waals surface area contributed by atoms with Gasteiger partial charge in [-0.2, -0.15) is 0 Å². The van der Waals surface area contributed by atoms with E-state index in [0.717, 1.165) is 0 Å². The molecule has 0 aliphatic carbocycles. The van der Waals surface area contributed by atoms with Gasteiger partial charge >= 0.3 is 0 Å². The van der Waals surface area contributed by atoms with E-state index in [9.17, 15) is 19.7 Å². The number of nitro benzene ring substituents is 1. The lowest BCUT2D eigenvalue weighted by atomic mass is 9.87. The molecule has 2 amide bonds. The molecule has 0 heterocycles. The van der Waals surface area contributed by atoms with E-state index in [-0.39, 0.29) is 17.2 Å². The van der Waals surface area contributed by atoms with Gasteiger partial charge in [0.2, 0.25) is 5.91 Å². The third-order valence-corrected chi connectivity index (χ3v) is 3.38. The molecule has 0 saturated heterocycles. The third kappa shape index (κ3) is 3.11. The topological polar surface area (TPSA) is 115 Å². The molecule has 1 aromatic carbocycles. The molecule has 1 rings (SSSR count). The summed E-state index contributed by atoms with van der Waals surface area (Å²) >= 11 is 0. The summed E-state index contributed by atoms with van der Waals surface area (Å²) in [5, 5.41) is 13.1. The van der Waals surface area contributed by atoms with Crippen LogP contribution in [0.3, 0.4) is 0 Å². The minimum atomic E-state index is -1.18. The van der Waals surface area contributed by atoms with Gasteiger partial charge in [-0.05, 0) is 25.0 Å². The van der Waals surface area contributed by atoms with Crippen LogP contribution in [0.15, 0.2) is 24.3 Å². The van der Waals surface area contributed by atoms with Crippen LogP contribution in [0, 0.1) is 16.0 Å². The van der Waals surface area contributed by atoms with Gasteiger partial charge in [-0.25, -0.2) is 0 Å². The van der Waals surface area contributed by atoms with Crippen molar-refractivity contribution in [1.29, 1.82) is 0 Å². The summed E-state index contributed by atoms with van der Waals surface area (Å²) < 4.78 is 0. The highest BCUT2D eigenvalue weighted by Gasteiger charge is 2.36. The number of nitrogens with one attached hydrogen (secondary N) is 1. The molecular weight excluding hydrogens is 262 g/mol. The largest absolute Gasteiger partial charge is 0.368 e. The summed E-state index contributed by atoms with van der Waals surface area (Å²) in [6.07, 6.45) is 0. The van der Waals surface area contributed by atoms with Crippen molar-refractivity contribution in [3.8, 4) is 0 Å². The molecule has 7 nitrogen and oxygen atoms in total. The van der Waals surface area contributed by atoms with Crippen LogP contribution >= 0.6 is 0 Å². The summed E-state index contributed by atoms with van der Waals surface area (Å²) in [7, 11) is 0. The first-order valence-electron chi connectivity index (χ1n) is 6.05. The molecule has 7 heteroatoms. The fraction of sp³-hybridized carbons (Fsp3) is 0.385. The highest BCUT2D eigenvalue weighted by Crippen LogP contribution is 2.18. The average molecular weight is 279 g/mol. The van der Waals surface area contributed by atoms with E-state index < -0.39 is 22.3 Å². The molecule has 1 aromatic rings. The Hall–Kier alpha value is -2.44. The van der Waals surface area contributed by atoms with Crippen molar-refractivity contribution >= 4 is 17.5 Å². The van der Waals surface area contributed by atoms with Crippen molar-refractivity contribution in [2.75, 3.05) is 0 Å². The zero-order chi connectivity index (χ0) is 15.5. The maximum absolute atomic E-state index is 12.1. The lowest BCUT2D eigenvalue weighted by Crippen LogP contribution is -2.58. The van der Waals surface area contributed by atoms with Crippen molar-refractivity contribution in [2.24, 2.45) is 11.7 Å². The summed E-state index contributed by atoms with van der Waals surface area (Å²) in [6.45, 7) is 5.07. The number of nitro groups is 1. The van der Waals surface area contributed by atoms with Crippen LogP contribution in [0.2, 0.25) is 0 Å². The Morgan fingerprint density at radius 1 is 1.30 bits per heavy atom. The van der Waals surface area contributed by atoms with Gasteiger partial charge in [0.1, 0.15) is 5.54 Å². The van der Waals surface area contributed by atoms with Gasteiger partial charge in [-0.15, -0.1) is 0 Å². The molecule has 0 aliphatic heterocycles. The van der Waals surface area contributed by atoms with Crippen molar-refractivity contribution < 1.29 is 14.5 Å². The number of rotatable bonds is 5. The van der Waals surface area contributed by atoms with Crippen LogP contribution in [0.4, 0.5) is 5.69 Å². The van der Waals surface area contributed by atoms with Gasteiger partial charge in [-0.1, -0.05) is 13.8 Å². The molecule has 0 bridgehead atoms. The summed E-state index contributed by atoms with van der Waals surface area (Å²) in [6, 6.07) is 5.11. The summed E-state index contributed by atoms with van der Waals surface area (Å²) in [5.74, 6) is -1.33. The highest BCUT2D eigenvalue weighted by molar-refractivity contribution is 5.99. The molecule has 0 unspecified atom stereocenters. The predicted molar refractivity (Wildman–Crippen MR) is 73.0 cm³/mol. The number of non-ortho nitro benzene ring substituents is 1. The van der Waals surface area contributed by atoms with Gasteiger partial charge in [0, 0.05) is 17.7 Å². The number of carbonyl (C=O) groups is 2. The number of primary amides is 1. The van der Waals surface area contributed by atoms with E-state index >= 15 is 0 Å². The Morgan fingerprint density at radius 2 is 1.80 bits per heavy atom. The molecular formula is C13H17N3O4. The molecule has 0 spiro atoms. The normalized spacial score (nSPS) is 13.6. The molecule has 108 valence electrons. The van der Waals surface area contributed by atoms with E-state index in [1.807, 2.05) is 0 Å². The van der Waals surface area contributed by atoms with Crippen LogP contribution in [-0.4, -0.2) is 22.3 Å². The Kier molecular flexibility index (Phi) is 4.44. The highest BCUT2D eigenvalue weighted by atomic mass is 16.6. The van der Waals surface area contributed by atoms with E-state index in [2.05, 4.69) is 5.32 Å². The van der Waals surface area contributed by atoms with Crippen LogP contribution in [-0.2, 0) is 4.79 Å². The number of hydrogen-bond acceptors (Lipinski definition) is 4. The number of carbonyl (C=O) groups excluding carboxylic acids is 2. The minimum absolute atomic E-state index is 0.108. The fourth-order valence-electron chi connectivity index (χ4n) is 1.53. The Labute approximate surface area is 116 Å². The number of nitrogens with zero attached hydrogens (tertiary/aromatic N) is 1. The van der Waals surface area contributed by atoms with E-state index in [4.69, 9.17) is 5.73 Å². The first-order chi connectivity index (χ1) is 9.18. The fourth-order valence-corrected chi connectivity index (χ4v) is 1.53. The lowest BCUT2D eigenvalue weighted by molar-refractivity contribution is -0.384. The number of hydrogen-bond donors (Lipinski definition) is 2. The first kappa shape index (κ1) is 15.6. The zero-order valence-electron chi connectivity index (χ0n) is 11.5. The third-order valence-electron chi connectivity index (χ3n) is 3.38. The Balaban J connectivity index is 2.95. The summed E-state index contributed by atoms with van der Waals surface area (Å²) in [4.78, 5) is 33.5. The molecule has 3 N–H and O–H groups in total. The van der Waals surface area contributed by atoms with Crippen molar-refractivity contribution in [3.05, 3.63) is 39.9 Å². The van der Waals surface area contributed by atoms with Crippen molar-refractivity contribution in [3.63, 3.8) is 0 Å². The quantitative estimate of drug-likeness (QED) is 0.622. The lowest BCUT2D eigenvalue weighted by Gasteiger charge is -2.31. The molecule has 1 atom stereocenters. The summed E-state index contributed by atoms with van der Waals surface area (Å²) in [5.41, 5.74) is 4.25. The number of benzene rings is 1. The molecule has 0 radical (unpaired) electrons. The van der Waals surface area contributed by atoms with Crippen LogP contribution in [0.5, 0.6) is 0 Å². The SMILES string of the molecule is CC(C)[C@](C)(NC(=O)c1ccc([N+](=O)[O-])cc1)C(N)=O. The van der Waals surface area contributed by atoms with Crippen LogP contribution in [0.25, 0.3) is 0 Å². The van der Waals surface area contributed by atoms with Gasteiger partial charge in [0.25, 0.3) is 11.6 Å². The molecule has 0 saturated carbocycles. The van der Waals surface area contributed by atoms with E-state index in [1.54, 1.807) is 20.8 Å². The Morgan fingerprint density at radius 3 is 2.15 bits per heavy atom. The minimum Gasteiger partial charge on any atom is -0.368 e. The maximum atomic E-state index is 12.1. The maximum Gasteiger partial charge on any atom is 0.269 e. The second kappa shape index (κ2) is 5.68. The van der Waals surface area contributed by atoms with E-state index in [0.29, 0.717) is 0 Å². The van der Waals surface area contributed by atoms with Gasteiger partial charge < -0.3 is 11.1 Å². The van der Waals surface area contributed by atoms with Crippen LogP contribution < -0.4 is 11.1 Å². The Bertz CT molecular complexity index is 539. The van der Waals surface area contributed by atoms with Crippen LogP contribution in [0.1, 0.15) is 31.1 Å².